The van der Waals surface area contributed by atoms with E-state index in [-0.39, 0.29) is 11.7 Å². The van der Waals surface area contributed by atoms with Gasteiger partial charge in [0.1, 0.15) is 11.5 Å². The van der Waals surface area contributed by atoms with Crippen LogP contribution in [0.15, 0.2) is 48.8 Å². The minimum Gasteiger partial charge on any atom is -0.346 e. The minimum atomic E-state index is -0.325. The van der Waals surface area contributed by atoms with Gasteiger partial charge in [-0.05, 0) is 59.0 Å². The van der Waals surface area contributed by atoms with Crippen LogP contribution in [0, 0.1) is 9.39 Å². The van der Waals surface area contributed by atoms with Gasteiger partial charge in [0.15, 0.2) is 0 Å². The monoisotopic (exact) mass is 395 g/mol. The van der Waals surface area contributed by atoms with E-state index in [1.807, 2.05) is 12.1 Å². The molecule has 1 amide bonds. The quantitative estimate of drug-likeness (QED) is 0.694. The van der Waals surface area contributed by atoms with Crippen LogP contribution >= 0.6 is 22.6 Å². The summed E-state index contributed by atoms with van der Waals surface area (Å²) in [4.78, 5) is 16.3. The molecule has 0 fully saturated rings. The molecule has 0 spiro atoms. The summed E-state index contributed by atoms with van der Waals surface area (Å²) >= 11 is 2.19. The van der Waals surface area contributed by atoms with Crippen molar-refractivity contribution in [3.63, 3.8) is 0 Å². The topological polar surface area (TPSA) is 46.4 Å². The second kappa shape index (κ2) is 5.80. The van der Waals surface area contributed by atoms with Gasteiger partial charge >= 0.3 is 0 Å². The van der Waals surface area contributed by atoms with Crippen molar-refractivity contribution in [1.82, 2.24) is 14.7 Å². The fourth-order valence-electron chi connectivity index (χ4n) is 1.98. The summed E-state index contributed by atoms with van der Waals surface area (Å²) in [5, 5.41) is 2.80. The lowest BCUT2D eigenvalue weighted by atomic mass is 10.2. The average Bonchev–Trinajstić information content (AvgIpc) is 2.87. The van der Waals surface area contributed by atoms with Crippen molar-refractivity contribution >= 4 is 34.1 Å². The lowest BCUT2D eigenvalue weighted by molar-refractivity contribution is 0.0950. The van der Waals surface area contributed by atoms with E-state index in [0.29, 0.717) is 23.4 Å². The Morgan fingerprint density at radius 1 is 1.19 bits per heavy atom. The molecule has 2 aromatic heterocycles. The lowest BCUT2D eigenvalue weighted by Crippen LogP contribution is -2.22. The van der Waals surface area contributed by atoms with Crippen molar-refractivity contribution < 1.29 is 9.18 Å². The fourth-order valence-corrected chi connectivity index (χ4v) is 2.34. The van der Waals surface area contributed by atoms with Gasteiger partial charge in [-0.3, -0.25) is 4.79 Å². The van der Waals surface area contributed by atoms with Gasteiger partial charge in [0.2, 0.25) is 0 Å². The predicted molar refractivity (Wildman–Crippen MR) is 85.5 cm³/mol. The molecule has 0 radical (unpaired) electrons. The zero-order chi connectivity index (χ0) is 14.8. The number of hydrogen-bond acceptors (Lipinski definition) is 2. The standard InChI is InChI=1S/C15H11FIN3O/c16-11-3-6-14-19-13(9-20(14)8-11)7-18-15(21)10-1-4-12(17)5-2-10/h1-6,8-9H,7H2,(H,18,21). The van der Waals surface area contributed by atoms with Crippen molar-refractivity contribution in [2.45, 2.75) is 6.54 Å². The number of nitrogens with one attached hydrogen (secondary N) is 1. The van der Waals surface area contributed by atoms with Crippen LogP contribution in [-0.4, -0.2) is 15.3 Å². The number of imidazole rings is 1. The number of aromatic nitrogens is 2. The molecule has 1 N–H and O–H groups in total. The molecule has 0 atom stereocenters. The first-order chi connectivity index (χ1) is 10.1. The average molecular weight is 395 g/mol. The van der Waals surface area contributed by atoms with Crippen molar-refractivity contribution in [3.8, 4) is 0 Å². The Morgan fingerprint density at radius 2 is 1.95 bits per heavy atom. The molecule has 6 heteroatoms. The molecule has 0 bridgehead atoms. The molecule has 0 aliphatic carbocycles. The molecule has 4 nitrogen and oxygen atoms in total. The molecule has 1 aromatic carbocycles. The number of rotatable bonds is 3. The molecule has 0 unspecified atom stereocenters. The van der Waals surface area contributed by atoms with E-state index in [9.17, 15) is 9.18 Å². The number of carbonyl (C=O) groups excluding carboxylic acids is 1. The highest BCUT2D eigenvalue weighted by Gasteiger charge is 2.07. The third kappa shape index (κ3) is 3.21. The van der Waals surface area contributed by atoms with E-state index in [4.69, 9.17) is 0 Å². The Morgan fingerprint density at radius 3 is 2.71 bits per heavy atom. The third-order valence-corrected chi connectivity index (χ3v) is 3.72. The molecule has 0 aliphatic rings. The van der Waals surface area contributed by atoms with Crippen LogP contribution in [0.25, 0.3) is 5.65 Å². The molecule has 0 saturated heterocycles. The Kier molecular flexibility index (Phi) is 3.87. The van der Waals surface area contributed by atoms with Gasteiger partial charge in [-0.25, -0.2) is 9.37 Å². The number of nitrogens with zero attached hydrogens (tertiary/aromatic N) is 2. The first-order valence-corrected chi connectivity index (χ1v) is 7.36. The van der Waals surface area contributed by atoms with Gasteiger partial charge in [0.05, 0.1) is 12.2 Å². The Balaban J connectivity index is 1.71. The highest BCUT2D eigenvalue weighted by Crippen LogP contribution is 2.09. The maximum absolute atomic E-state index is 13.1. The van der Waals surface area contributed by atoms with Gasteiger partial charge in [-0.15, -0.1) is 0 Å². The predicted octanol–water partition coefficient (Wildman–Crippen LogP) is 3.01. The number of amides is 1. The summed E-state index contributed by atoms with van der Waals surface area (Å²) in [6.45, 7) is 0.300. The fraction of sp³-hybridized carbons (Fsp3) is 0.0667. The molecule has 0 aliphatic heterocycles. The Labute approximate surface area is 134 Å². The summed E-state index contributed by atoms with van der Waals surface area (Å²) < 4.78 is 15.8. The third-order valence-electron chi connectivity index (χ3n) is 3.00. The number of halogens is 2. The van der Waals surface area contributed by atoms with E-state index in [1.165, 1.54) is 12.3 Å². The van der Waals surface area contributed by atoms with Crippen LogP contribution in [0.3, 0.4) is 0 Å². The van der Waals surface area contributed by atoms with Gasteiger partial charge < -0.3 is 9.72 Å². The number of hydrogen-bond donors (Lipinski definition) is 1. The summed E-state index contributed by atoms with van der Waals surface area (Å²) in [5.74, 6) is -0.482. The van der Waals surface area contributed by atoms with E-state index in [0.717, 1.165) is 3.57 Å². The smallest absolute Gasteiger partial charge is 0.251 e. The molecule has 3 aromatic rings. The SMILES string of the molecule is O=C(NCc1cn2cc(F)ccc2n1)c1ccc(I)cc1. The van der Waals surface area contributed by atoms with E-state index < -0.39 is 0 Å². The van der Waals surface area contributed by atoms with E-state index >= 15 is 0 Å². The molecule has 2 heterocycles. The normalized spacial score (nSPS) is 10.8. The number of fused-ring (bicyclic) bond motifs is 1. The van der Waals surface area contributed by atoms with Crippen LogP contribution < -0.4 is 5.32 Å². The van der Waals surface area contributed by atoms with Gasteiger partial charge in [-0.1, -0.05) is 0 Å². The Bertz CT molecular complexity index is 798. The first kappa shape index (κ1) is 14.0. The highest BCUT2D eigenvalue weighted by molar-refractivity contribution is 14.1. The molecule has 3 rings (SSSR count). The van der Waals surface area contributed by atoms with Crippen LogP contribution in [0.4, 0.5) is 4.39 Å². The summed E-state index contributed by atoms with van der Waals surface area (Å²) in [6, 6.07) is 10.3. The molecule has 106 valence electrons. The molecule has 21 heavy (non-hydrogen) atoms. The van der Waals surface area contributed by atoms with Crippen molar-refractivity contribution in [2.24, 2.45) is 0 Å². The maximum atomic E-state index is 13.1. The zero-order valence-electron chi connectivity index (χ0n) is 10.9. The van der Waals surface area contributed by atoms with Crippen molar-refractivity contribution in [3.05, 3.63) is 69.4 Å². The zero-order valence-corrected chi connectivity index (χ0v) is 13.0. The van der Waals surface area contributed by atoms with Gasteiger partial charge in [0.25, 0.3) is 5.91 Å². The molecular weight excluding hydrogens is 384 g/mol. The summed E-state index contributed by atoms with van der Waals surface area (Å²) in [6.07, 6.45) is 3.05. The highest BCUT2D eigenvalue weighted by atomic mass is 127. The maximum Gasteiger partial charge on any atom is 0.251 e. The molecular formula is C15H11FIN3O. The van der Waals surface area contributed by atoms with Crippen LogP contribution in [0.5, 0.6) is 0 Å². The van der Waals surface area contributed by atoms with Crippen molar-refractivity contribution in [2.75, 3.05) is 0 Å². The molecule has 0 saturated carbocycles. The lowest BCUT2D eigenvalue weighted by Gasteiger charge is -2.03. The second-order valence-corrected chi connectivity index (χ2v) is 5.78. The largest absolute Gasteiger partial charge is 0.346 e. The second-order valence-electron chi connectivity index (χ2n) is 4.53. The van der Waals surface area contributed by atoms with Gasteiger partial charge in [-0.2, -0.15) is 0 Å². The number of benzene rings is 1. The number of carbonyl (C=O) groups is 1. The van der Waals surface area contributed by atoms with Crippen LogP contribution in [0.2, 0.25) is 0 Å². The summed E-state index contributed by atoms with van der Waals surface area (Å²) in [7, 11) is 0. The summed E-state index contributed by atoms with van der Waals surface area (Å²) in [5.41, 5.74) is 1.93. The van der Waals surface area contributed by atoms with Crippen molar-refractivity contribution in [1.29, 1.82) is 0 Å². The van der Waals surface area contributed by atoms with Crippen LogP contribution in [0.1, 0.15) is 16.1 Å². The first-order valence-electron chi connectivity index (χ1n) is 6.29. The van der Waals surface area contributed by atoms with Crippen LogP contribution in [-0.2, 0) is 6.54 Å². The van der Waals surface area contributed by atoms with Gasteiger partial charge in [0, 0.05) is 21.5 Å². The van der Waals surface area contributed by atoms with E-state index in [1.54, 1.807) is 28.8 Å². The minimum absolute atomic E-state index is 0.158. The number of pyridine rings is 1. The van der Waals surface area contributed by atoms with E-state index in [2.05, 4.69) is 32.9 Å². The Hall–Kier alpha value is -1.96.